The molecule has 32 heavy (non-hydrogen) atoms. The van der Waals surface area contributed by atoms with Gasteiger partial charge >= 0.3 is 12.0 Å². The number of benzene rings is 2. The van der Waals surface area contributed by atoms with Gasteiger partial charge in [0.1, 0.15) is 19.0 Å². The van der Waals surface area contributed by atoms with Crippen molar-refractivity contribution in [1.82, 2.24) is 9.97 Å². The van der Waals surface area contributed by atoms with Crippen LogP contribution in [0.1, 0.15) is 29.7 Å². The highest BCUT2D eigenvalue weighted by Crippen LogP contribution is 2.29. The molecule has 0 aliphatic carbocycles. The van der Waals surface area contributed by atoms with E-state index in [4.69, 9.17) is 14.2 Å². The van der Waals surface area contributed by atoms with E-state index < -0.39 is 0 Å². The molecule has 2 heterocycles. The van der Waals surface area contributed by atoms with Crippen LogP contribution in [0.15, 0.2) is 85.1 Å². The molecular formula is C26H24N2O4. The number of rotatable bonds is 9. The van der Waals surface area contributed by atoms with Crippen molar-refractivity contribution in [3.8, 4) is 11.9 Å². The van der Waals surface area contributed by atoms with Gasteiger partial charge in [-0.2, -0.15) is 9.97 Å². The van der Waals surface area contributed by atoms with Gasteiger partial charge in [0.15, 0.2) is 0 Å². The summed E-state index contributed by atoms with van der Waals surface area (Å²) in [7, 11) is 0. The molecule has 0 amide bonds. The fraction of sp³-hybridized carbons (Fsp3) is 0.192. The summed E-state index contributed by atoms with van der Waals surface area (Å²) in [6, 6.07) is 21.5. The normalized spacial score (nSPS) is 16.6. The van der Waals surface area contributed by atoms with E-state index in [1.165, 1.54) is 0 Å². The van der Waals surface area contributed by atoms with Crippen molar-refractivity contribution in [3.63, 3.8) is 0 Å². The van der Waals surface area contributed by atoms with Crippen LogP contribution < -0.4 is 9.47 Å². The van der Waals surface area contributed by atoms with Crippen molar-refractivity contribution < 1.29 is 19.0 Å². The van der Waals surface area contributed by atoms with E-state index >= 15 is 0 Å². The van der Waals surface area contributed by atoms with Gasteiger partial charge in [-0.15, -0.1) is 6.58 Å². The molecule has 4 rings (SSSR count). The van der Waals surface area contributed by atoms with Crippen molar-refractivity contribution >= 4 is 12.0 Å². The second-order valence-electron chi connectivity index (χ2n) is 7.42. The smallest absolute Gasteiger partial charge is 0.320 e. The second kappa shape index (κ2) is 10.4. The SMILES string of the molecule is C=CCC1C/C(=C/c2cc(OCc3ccccc3)nc(OCc3ccccc3)n2)OC1=O. The quantitative estimate of drug-likeness (QED) is 0.348. The Balaban J connectivity index is 1.54. The van der Waals surface area contributed by atoms with Crippen LogP contribution in [0.25, 0.3) is 6.08 Å². The molecule has 6 heteroatoms. The molecule has 1 saturated heterocycles. The zero-order valence-electron chi connectivity index (χ0n) is 17.6. The van der Waals surface area contributed by atoms with Gasteiger partial charge in [0.05, 0.1) is 11.6 Å². The first kappa shape index (κ1) is 21.3. The Hall–Kier alpha value is -3.93. The maximum atomic E-state index is 12.0. The molecule has 3 aromatic rings. The summed E-state index contributed by atoms with van der Waals surface area (Å²) in [6.45, 7) is 4.39. The Kier molecular flexibility index (Phi) is 6.92. The van der Waals surface area contributed by atoms with Crippen LogP contribution in [0.5, 0.6) is 11.9 Å². The lowest BCUT2D eigenvalue weighted by molar-refractivity contribution is -0.138. The Labute approximate surface area is 187 Å². The average Bonchev–Trinajstić information content (AvgIpc) is 3.16. The van der Waals surface area contributed by atoms with Crippen LogP contribution in [0, 0.1) is 5.92 Å². The molecule has 162 valence electrons. The van der Waals surface area contributed by atoms with Crippen LogP contribution in [-0.4, -0.2) is 15.9 Å². The van der Waals surface area contributed by atoms with Crippen LogP contribution in [0.4, 0.5) is 0 Å². The lowest BCUT2D eigenvalue weighted by atomic mass is 10.0. The minimum Gasteiger partial charge on any atom is -0.473 e. The van der Waals surface area contributed by atoms with E-state index in [0.29, 0.717) is 43.4 Å². The summed E-state index contributed by atoms with van der Waals surface area (Å²) in [5.74, 6) is 0.490. The Bertz CT molecular complexity index is 1040. The molecule has 0 spiro atoms. The molecule has 6 nitrogen and oxygen atoms in total. The minimum atomic E-state index is -0.244. The van der Waals surface area contributed by atoms with Gasteiger partial charge < -0.3 is 14.2 Å². The summed E-state index contributed by atoms with van der Waals surface area (Å²) in [5.41, 5.74) is 2.58. The number of carbonyl (C=O) groups is 1. The van der Waals surface area contributed by atoms with Crippen molar-refractivity contribution in [3.05, 3.63) is 102 Å². The van der Waals surface area contributed by atoms with E-state index in [0.717, 1.165) is 11.1 Å². The second-order valence-corrected chi connectivity index (χ2v) is 7.42. The highest BCUT2D eigenvalue weighted by Gasteiger charge is 2.29. The molecule has 0 radical (unpaired) electrons. The fourth-order valence-corrected chi connectivity index (χ4v) is 3.30. The molecule has 1 fully saturated rings. The van der Waals surface area contributed by atoms with Gasteiger partial charge in [-0.05, 0) is 17.5 Å². The molecule has 1 unspecified atom stereocenters. The third kappa shape index (κ3) is 5.82. The summed E-state index contributed by atoms with van der Waals surface area (Å²) < 4.78 is 17.1. The topological polar surface area (TPSA) is 70.5 Å². The Morgan fingerprint density at radius 1 is 0.969 bits per heavy atom. The summed E-state index contributed by atoms with van der Waals surface area (Å²) in [6.07, 6.45) is 4.55. The molecule has 1 aliphatic rings. The van der Waals surface area contributed by atoms with Gasteiger partial charge in [0.2, 0.25) is 5.88 Å². The molecule has 1 atom stereocenters. The van der Waals surface area contributed by atoms with Gasteiger partial charge in [0.25, 0.3) is 0 Å². The fourth-order valence-electron chi connectivity index (χ4n) is 3.30. The standard InChI is InChI=1S/C26H24N2O4/c1-2-9-21-14-23(32-25(21)29)15-22-16-24(30-17-19-10-5-3-6-11-19)28-26(27-22)31-18-20-12-7-4-8-13-20/h2-8,10-13,15-16,21H,1,9,14,17-18H2/b23-15-. The predicted molar refractivity (Wildman–Crippen MR) is 121 cm³/mol. The van der Waals surface area contributed by atoms with Gasteiger partial charge in [-0.25, -0.2) is 0 Å². The zero-order chi connectivity index (χ0) is 22.2. The first-order chi connectivity index (χ1) is 15.7. The molecule has 2 aromatic carbocycles. The Morgan fingerprint density at radius 2 is 1.62 bits per heavy atom. The molecule has 1 aromatic heterocycles. The predicted octanol–water partition coefficient (Wildman–Crippen LogP) is 5.11. The molecule has 1 aliphatic heterocycles. The van der Waals surface area contributed by atoms with Crippen LogP contribution >= 0.6 is 0 Å². The van der Waals surface area contributed by atoms with Gasteiger partial charge in [-0.1, -0.05) is 66.7 Å². The number of nitrogens with zero attached hydrogens (tertiary/aromatic N) is 2. The van der Waals surface area contributed by atoms with Gasteiger partial charge in [-0.3, -0.25) is 4.79 Å². The van der Waals surface area contributed by atoms with Crippen molar-refractivity contribution in [2.45, 2.75) is 26.1 Å². The summed E-state index contributed by atoms with van der Waals surface area (Å²) >= 11 is 0. The number of esters is 1. The monoisotopic (exact) mass is 428 g/mol. The number of carbonyl (C=O) groups excluding carboxylic acids is 1. The van der Waals surface area contributed by atoms with Crippen LogP contribution in [0.3, 0.4) is 0 Å². The average molecular weight is 428 g/mol. The zero-order valence-corrected chi connectivity index (χ0v) is 17.6. The highest BCUT2D eigenvalue weighted by molar-refractivity contribution is 5.78. The van der Waals surface area contributed by atoms with E-state index in [-0.39, 0.29) is 17.9 Å². The number of aromatic nitrogens is 2. The summed E-state index contributed by atoms with van der Waals surface area (Å²) in [4.78, 5) is 20.9. The van der Waals surface area contributed by atoms with E-state index in [2.05, 4.69) is 16.5 Å². The van der Waals surface area contributed by atoms with Crippen LogP contribution in [-0.2, 0) is 22.7 Å². The molecule has 0 saturated carbocycles. The van der Waals surface area contributed by atoms with E-state index in [9.17, 15) is 4.79 Å². The maximum Gasteiger partial charge on any atom is 0.320 e. The van der Waals surface area contributed by atoms with Crippen LogP contribution in [0.2, 0.25) is 0 Å². The van der Waals surface area contributed by atoms with Gasteiger partial charge in [0, 0.05) is 18.6 Å². The molecular weight excluding hydrogens is 404 g/mol. The number of allylic oxidation sites excluding steroid dienone is 2. The lowest BCUT2D eigenvalue weighted by Crippen LogP contribution is -2.05. The maximum absolute atomic E-state index is 12.0. The number of hydrogen-bond acceptors (Lipinski definition) is 6. The third-order valence-corrected chi connectivity index (χ3v) is 4.91. The van der Waals surface area contributed by atoms with Crippen molar-refractivity contribution in [2.24, 2.45) is 5.92 Å². The Morgan fingerprint density at radius 3 is 2.28 bits per heavy atom. The largest absolute Gasteiger partial charge is 0.473 e. The number of cyclic esters (lactones) is 1. The number of hydrogen-bond donors (Lipinski definition) is 0. The van der Waals surface area contributed by atoms with Crippen molar-refractivity contribution in [2.75, 3.05) is 0 Å². The lowest BCUT2D eigenvalue weighted by Gasteiger charge is -2.10. The first-order valence-electron chi connectivity index (χ1n) is 10.5. The first-order valence-corrected chi connectivity index (χ1v) is 10.5. The molecule has 0 bridgehead atoms. The number of ether oxygens (including phenoxy) is 3. The van der Waals surface area contributed by atoms with E-state index in [1.54, 1.807) is 18.2 Å². The highest BCUT2D eigenvalue weighted by atomic mass is 16.5. The minimum absolute atomic E-state index is 0.193. The molecule has 0 N–H and O–H groups in total. The summed E-state index contributed by atoms with van der Waals surface area (Å²) in [5, 5.41) is 0. The van der Waals surface area contributed by atoms with E-state index in [1.807, 2.05) is 60.7 Å². The van der Waals surface area contributed by atoms with Crippen molar-refractivity contribution in [1.29, 1.82) is 0 Å². The third-order valence-electron chi connectivity index (χ3n) is 4.91.